The summed E-state index contributed by atoms with van der Waals surface area (Å²) in [6.07, 6.45) is 1.55. The smallest absolute Gasteiger partial charge is 0.325 e. The average Bonchev–Trinajstić information content (AvgIpc) is 3.40. The summed E-state index contributed by atoms with van der Waals surface area (Å²) in [5, 5.41) is 5.64. The van der Waals surface area contributed by atoms with Gasteiger partial charge in [-0.2, -0.15) is 0 Å². The number of rotatable bonds is 6. The lowest BCUT2D eigenvalue weighted by atomic mass is 9.84. The van der Waals surface area contributed by atoms with Crippen LogP contribution in [-0.2, 0) is 28.8 Å². The summed E-state index contributed by atoms with van der Waals surface area (Å²) in [6.45, 7) is 8.44. The molecule has 1 fully saturated rings. The number of nitrogens with one attached hydrogen (secondary N) is 2. The third-order valence-electron chi connectivity index (χ3n) is 6.14. The SMILES string of the molecule is CC(C)(C)c1ccc(C2(C)NC(=O)N(Cc3cccc(C(=O)NCc4ccco4)c3)C2=O)cc1. The van der Waals surface area contributed by atoms with E-state index in [1.54, 1.807) is 49.6 Å². The summed E-state index contributed by atoms with van der Waals surface area (Å²) in [4.78, 5) is 39.8. The van der Waals surface area contributed by atoms with Crippen molar-refractivity contribution in [3.05, 3.63) is 94.9 Å². The molecule has 0 saturated carbocycles. The van der Waals surface area contributed by atoms with E-state index < -0.39 is 11.6 Å². The van der Waals surface area contributed by atoms with E-state index in [1.165, 1.54) is 4.90 Å². The third kappa shape index (κ3) is 4.59. The number of hydrogen-bond acceptors (Lipinski definition) is 4. The number of amides is 4. The summed E-state index contributed by atoms with van der Waals surface area (Å²) in [7, 11) is 0. The Balaban J connectivity index is 1.48. The number of urea groups is 1. The fourth-order valence-electron chi connectivity index (χ4n) is 4.02. The van der Waals surface area contributed by atoms with Gasteiger partial charge in [0, 0.05) is 5.56 Å². The van der Waals surface area contributed by atoms with Gasteiger partial charge in [0.2, 0.25) is 0 Å². The van der Waals surface area contributed by atoms with Crippen molar-refractivity contribution in [3.8, 4) is 0 Å². The van der Waals surface area contributed by atoms with Crippen molar-refractivity contribution in [2.45, 2.75) is 51.7 Å². The van der Waals surface area contributed by atoms with Crippen LogP contribution < -0.4 is 10.6 Å². The molecule has 2 heterocycles. The Kier molecular flexibility index (Phi) is 6.04. The molecule has 2 aromatic carbocycles. The summed E-state index contributed by atoms with van der Waals surface area (Å²) in [5.41, 5.74) is 1.84. The van der Waals surface area contributed by atoms with Gasteiger partial charge in [0.05, 0.1) is 19.4 Å². The standard InChI is InChI=1S/C27H29N3O4/c1-26(2,3)20-10-12-21(13-11-20)27(4)24(32)30(25(33)29-27)17-18-7-5-8-19(15-18)23(31)28-16-22-9-6-14-34-22/h5-15H,16-17H2,1-4H3,(H,28,31)(H,29,33). The van der Waals surface area contributed by atoms with Gasteiger partial charge in [-0.05, 0) is 53.3 Å². The summed E-state index contributed by atoms with van der Waals surface area (Å²) in [6, 6.07) is 17.8. The zero-order valence-corrected chi connectivity index (χ0v) is 19.8. The molecule has 1 aromatic heterocycles. The first-order chi connectivity index (χ1) is 16.1. The van der Waals surface area contributed by atoms with Crippen LogP contribution in [0.5, 0.6) is 0 Å². The molecule has 34 heavy (non-hydrogen) atoms. The lowest BCUT2D eigenvalue weighted by Crippen LogP contribution is -2.40. The minimum absolute atomic E-state index is 0.0102. The molecule has 1 aliphatic rings. The maximum atomic E-state index is 13.3. The van der Waals surface area contributed by atoms with Gasteiger partial charge < -0.3 is 15.1 Å². The van der Waals surface area contributed by atoms with Crippen molar-refractivity contribution in [1.82, 2.24) is 15.5 Å². The number of imide groups is 1. The zero-order valence-electron chi connectivity index (χ0n) is 19.8. The van der Waals surface area contributed by atoms with Crippen LogP contribution in [0.4, 0.5) is 4.79 Å². The Morgan fingerprint density at radius 3 is 2.44 bits per heavy atom. The summed E-state index contributed by atoms with van der Waals surface area (Å²) >= 11 is 0. The predicted molar refractivity (Wildman–Crippen MR) is 128 cm³/mol. The van der Waals surface area contributed by atoms with E-state index in [0.29, 0.717) is 16.9 Å². The van der Waals surface area contributed by atoms with Crippen molar-refractivity contribution in [2.24, 2.45) is 0 Å². The zero-order chi connectivity index (χ0) is 24.5. The van der Waals surface area contributed by atoms with Crippen LogP contribution in [0.15, 0.2) is 71.3 Å². The lowest BCUT2D eigenvalue weighted by molar-refractivity contribution is -0.131. The van der Waals surface area contributed by atoms with Gasteiger partial charge in [-0.25, -0.2) is 4.79 Å². The summed E-state index contributed by atoms with van der Waals surface area (Å²) < 4.78 is 5.23. The monoisotopic (exact) mass is 459 g/mol. The Morgan fingerprint density at radius 1 is 1.06 bits per heavy atom. The second-order valence-electron chi connectivity index (χ2n) is 9.74. The van der Waals surface area contributed by atoms with E-state index in [-0.39, 0.29) is 30.3 Å². The number of nitrogens with zero attached hydrogens (tertiary/aromatic N) is 1. The van der Waals surface area contributed by atoms with E-state index >= 15 is 0 Å². The highest BCUT2D eigenvalue weighted by atomic mass is 16.3. The molecular formula is C27H29N3O4. The molecule has 4 rings (SSSR count). The van der Waals surface area contributed by atoms with Crippen molar-refractivity contribution in [2.75, 3.05) is 0 Å². The van der Waals surface area contributed by atoms with Gasteiger partial charge in [-0.15, -0.1) is 0 Å². The van der Waals surface area contributed by atoms with E-state index in [4.69, 9.17) is 4.42 Å². The van der Waals surface area contributed by atoms with Crippen molar-refractivity contribution in [3.63, 3.8) is 0 Å². The molecule has 7 heteroatoms. The first-order valence-electron chi connectivity index (χ1n) is 11.2. The number of benzene rings is 2. The van der Waals surface area contributed by atoms with Crippen LogP contribution in [-0.4, -0.2) is 22.7 Å². The fraction of sp³-hybridized carbons (Fsp3) is 0.296. The first-order valence-corrected chi connectivity index (χ1v) is 11.2. The maximum absolute atomic E-state index is 13.3. The van der Waals surface area contributed by atoms with Gasteiger partial charge in [-0.3, -0.25) is 14.5 Å². The molecule has 176 valence electrons. The minimum atomic E-state index is -1.15. The molecule has 1 saturated heterocycles. The Hall–Kier alpha value is -3.87. The highest BCUT2D eigenvalue weighted by Crippen LogP contribution is 2.32. The quantitative estimate of drug-likeness (QED) is 0.532. The molecule has 1 atom stereocenters. The molecule has 1 unspecified atom stereocenters. The van der Waals surface area contributed by atoms with E-state index in [2.05, 4.69) is 31.4 Å². The molecule has 0 spiro atoms. The normalized spacial score (nSPS) is 18.2. The number of carbonyl (C=O) groups is 3. The first kappa shape index (κ1) is 23.3. The average molecular weight is 460 g/mol. The van der Waals surface area contributed by atoms with Crippen LogP contribution in [0.3, 0.4) is 0 Å². The predicted octanol–water partition coefficient (Wildman–Crippen LogP) is 4.47. The van der Waals surface area contributed by atoms with E-state index in [1.807, 2.05) is 24.3 Å². The Morgan fingerprint density at radius 2 is 1.79 bits per heavy atom. The fourth-order valence-corrected chi connectivity index (χ4v) is 4.02. The highest BCUT2D eigenvalue weighted by Gasteiger charge is 2.48. The Labute approximate surface area is 199 Å². The molecule has 3 aromatic rings. The lowest BCUT2D eigenvalue weighted by Gasteiger charge is -2.24. The van der Waals surface area contributed by atoms with Crippen molar-refractivity contribution >= 4 is 17.8 Å². The number of hydrogen-bond donors (Lipinski definition) is 2. The number of furan rings is 1. The van der Waals surface area contributed by atoms with Gasteiger partial charge >= 0.3 is 6.03 Å². The molecule has 0 aliphatic carbocycles. The van der Waals surface area contributed by atoms with Crippen LogP contribution in [0.2, 0.25) is 0 Å². The van der Waals surface area contributed by atoms with Gasteiger partial charge in [0.25, 0.3) is 11.8 Å². The van der Waals surface area contributed by atoms with E-state index in [9.17, 15) is 14.4 Å². The molecule has 7 nitrogen and oxygen atoms in total. The molecule has 1 aliphatic heterocycles. The maximum Gasteiger partial charge on any atom is 0.325 e. The second-order valence-corrected chi connectivity index (χ2v) is 9.74. The van der Waals surface area contributed by atoms with Crippen LogP contribution in [0.25, 0.3) is 0 Å². The number of carbonyl (C=O) groups excluding carboxylic acids is 3. The Bertz CT molecular complexity index is 1210. The molecule has 4 amide bonds. The largest absolute Gasteiger partial charge is 0.467 e. The minimum Gasteiger partial charge on any atom is -0.467 e. The van der Waals surface area contributed by atoms with Crippen molar-refractivity contribution in [1.29, 1.82) is 0 Å². The molecule has 0 bridgehead atoms. The highest BCUT2D eigenvalue weighted by molar-refractivity contribution is 6.07. The van der Waals surface area contributed by atoms with Crippen LogP contribution in [0, 0.1) is 0 Å². The molecule has 0 radical (unpaired) electrons. The van der Waals surface area contributed by atoms with Crippen LogP contribution >= 0.6 is 0 Å². The van der Waals surface area contributed by atoms with Gasteiger partial charge in [0.15, 0.2) is 0 Å². The van der Waals surface area contributed by atoms with Crippen molar-refractivity contribution < 1.29 is 18.8 Å². The second kappa shape index (κ2) is 8.82. The van der Waals surface area contributed by atoms with Gasteiger partial charge in [0.1, 0.15) is 11.3 Å². The summed E-state index contributed by atoms with van der Waals surface area (Å²) in [5.74, 6) is 0.0616. The molecular weight excluding hydrogens is 430 g/mol. The third-order valence-corrected chi connectivity index (χ3v) is 6.14. The van der Waals surface area contributed by atoms with Crippen LogP contribution in [0.1, 0.15) is 60.5 Å². The topological polar surface area (TPSA) is 91.7 Å². The molecule has 2 N–H and O–H groups in total. The van der Waals surface area contributed by atoms with Gasteiger partial charge in [-0.1, -0.05) is 57.2 Å². The van der Waals surface area contributed by atoms with E-state index in [0.717, 1.165) is 11.1 Å².